The number of carbonyl (C=O) groups excluding carboxylic acids is 1. The van der Waals surface area contributed by atoms with Crippen molar-refractivity contribution in [3.63, 3.8) is 0 Å². The van der Waals surface area contributed by atoms with E-state index in [2.05, 4.69) is 20.5 Å². The highest BCUT2D eigenvalue weighted by Gasteiger charge is 1.87. The molecule has 0 amide bonds. The number of halogens is 2. The summed E-state index contributed by atoms with van der Waals surface area (Å²) < 4.78 is 2.40. The van der Waals surface area contributed by atoms with Crippen molar-refractivity contribution in [2.45, 2.75) is 0 Å². The van der Waals surface area contributed by atoms with Crippen LogP contribution in [-0.4, -0.2) is 11.8 Å². The van der Waals surface area contributed by atoms with Crippen molar-refractivity contribution >= 4 is 33.0 Å². The second-order valence-electron chi connectivity index (χ2n) is 0.666. The summed E-state index contributed by atoms with van der Waals surface area (Å²) in [5.74, 6) is 0. The third-order valence-corrected chi connectivity index (χ3v) is 0.620. The molecule has 0 saturated carbocycles. The van der Waals surface area contributed by atoms with E-state index >= 15 is 0 Å². The summed E-state index contributed by atoms with van der Waals surface area (Å²) in [5, 5.41) is -0.396. The Kier molecular flexibility index (Phi) is 3.82. The minimum atomic E-state index is -0.396. The molecule has 0 heterocycles. The smallest absolute Gasteiger partial charge is 0.236 e. The number of nitrogens with one attached hydrogen (secondary N) is 1. The van der Waals surface area contributed by atoms with Gasteiger partial charge in [-0.3, -0.25) is 4.79 Å². The highest BCUT2D eigenvalue weighted by Crippen LogP contribution is 1.75. The van der Waals surface area contributed by atoms with Crippen molar-refractivity contribution in [2.75, 3.05) is 6.54 Å². The van der Waals surface area contributed by atoms with E-state index < -0.39 is 5.24 Å². The van der Waals surface area contributed by atoms with Crippen molar-refractivity contribution in [3.05, 3.63) is 0 Å². The molecule has 2 nitrogen and oxygen atoms in total. The van der Waals surface area contributed by atoms with E-state index in [0.29, 0.717) is 0 Å². The first-order valence-electron chi connectivity index (χ1n) is 1.29. The van der Waals surface area contributed by atoms with Crippen molar-refractivity contribution in [1.29, 1.82) is 0 Å². The van der Waals surface area contributed by atoms with Crippen LogP contribution < -0.4 is 4.34 Å². The zero-order valence-electron chi connectivity index (χ0n) is 2.87. The molecule has 0 radical (unpaired) electrons. The van der Waals surface area contributed by atoms with Crippen LogP contribution in [0.1, 0.15) is 0 Å². The van der Waals surface area contributed by atoms with E-state index in [1.54, 1.807) is 0 Å². The van der Waals surface area contributed by atoms with Gasteiger partial charge in [-0.05, 0) is 11.6 Å². The first-order valence-corrected chi connectivity index (χ1v) is 2.46. The van der Waals surface area contributed by atoms with Crippen LogP contribution in [0.3, 0.4) is 0 Å². The molecule has 0 rings (SSSR count). The zero-order chi connectivity index (χ0) is 4.99. The maximum atomic E-state index is 9.72. The van der Waals surface area contributed by atoms with Gasteiger partial charge in [-0.1, -0.05) is 0 Å². The summed E-state index contributed by atoms with van der Waals surface area (Å²) in [5.41, 5.74) is 0. The summed E-state index contributed by atoms with van der Waals surface area (Å²) in [6, 6.07) is 0. The van der Waals surface area contributed by atoms with Gasteiger partial charge in [-0.2, -0.15) is 0 Å². The van der Waals surface area contributed by atoms with E-state index in [0.717, 1.165) is 0 Å². The van der Waals surface area contributed by atoms with Crippen LogP contribution in [0, 0.1) is 0 Å². The highest BCUT2D eigenvalue weighted by molar-refractivity contribution is 9.08. The van der Waals surface area contributed by atoms with E-state index in [1.807, 2.05) is 0 Å². The molecular weight excluding hydrogens is 169 g/mol. The fraction of sp³-hybridized carbons (Fsp3) is 0.500. The summed E-state index contributed by atoms with van der Waals surface area (Å²) in [6.45, 7) is 0.168. The molecule has 0 bridgehead atoms. The van der Waals surface area contributed by atoms with Crippen LogP contribution >= 0.6 is 27.7 Å². The van der Waals surface area contributed by atoms with E-state index in [9.17, 15) is 4.79 Å². The van der Waals surface area contributed by atoms with Crippen LogP contribution in [-0.2, 0) is 4.79 Å². The molecule has 6 heavy (non-hydrogen) atoms. The average molecular weight is 172 g/mol. The molecule has 0 fully saturated rings. The lowest BCUT2D eigenvalue weighted by atomic mass is 10.8. The molecule has 0 aromatic rings. The summed E-state index contributed by atoms with van der Waals surface area (Å²) in [6.07, 6.45) is 0. The fourth-order valence-corrected chi connectivity index (χ4v) is 0.535. The van der Waals surface area contributed by atoms with Gasteiger partial charge in [0.05, 0.1) is 6.54 Å². The maximum absolute atomic E-state index is 9.72. The normalized spacial score (nSPS) is 8.33. The van der Waals surface area contributed by atoms with Crippen molar-refractivity contribution in [2.24, 2.45) is 0 Å². The predicted molar refractivity (Wildman–Crippen MR) is 27.8 cm³/mol. The SMILES string of the molecule is O=C(Cl)CNBr. The van der Waals surface area contributed by atoms with Crippen molar-refractivity contribution in [3.8, 4) is 0 Å². The molecule has 0 aliphatic heterocycles. The molecule has 4 heteroatoms. The van der Waals surface area contributed by atoms with Gasteiger partial charge < -0.3 is 0 Å². The first kappa shape index (κ1) is 6.40. The molecule has 0 aromatic carbocycles. The first-order chi connectivity index (χ1) is 2.77. The molecule has 0 spiro atoms. The lowest BCUT2D eigenvalue weighted by Gasteiger charge is -1.80. The Hall–Kier alpha value is 0.400. The lowest BCUT2D eigenvalue weighted by molar-refractivity contribution is -0.110. The topological polar surface area (TPSA) is 29.1 Å². The van der Waals surface area contributed by atoms with Gasteiger partial charge in [0.2, 0.25) is 5.24 Å². The van der Waals surface area contributed by atoms with E-state index in [-0.39, 0.29) is 6.54 Å². The van der Waals surface area contributed by atoms with Crippen molar-refractivity contribution < 1.29 is 4.79 Å². The Morgan fingerprint density at radius 2 is 2.50 bits per heavy atom. The lowest BCUT2D eigenvalue weighted by Crippen LogP contribution is -2.06. The van der Waals surface area contributed by atoms with E-state index in [1.165, 1.54) is 0 Å². The number of carbonyl (C=O) groups is 1. The molecule has 0 aromatic heterocycles. The molecule has 0 aliphatic carbocycles. The predicted octanol–water partition coefficient (Wildman–Crippen LogP) is 0.651. The second-order valence-corrected chi connectivity index (χ2v) is 1.65. The second kappa shape index (κ2) is 3.59. The molecule has 1 N–H and O–H groups in total. The van der Waals surface area contributed by atoms with Gasteiger partial charge in [-0.15, -0.1) is 0 Å². The largest absolute Gasteiger partial charge is 0.280 e. The van der Waals surface area contributed by atoms with Gasteiger partial charge in [0.25, 0.3) is 0 Å². The van der Waals surface area contributed by atoms with Crippen LogP contribution in [0.2, 0.25) is 0 Å². The number of rotatable bonds is 2. The molecular formula is C2H3BrClNO. The standard InChI is InChI=1S/C2H3BrClNO/c3-5-1-2(4)6/h5H,1H2. The average Bonchev–Trinajstić information content (AvgIpc) is 1.35. The third kappa shape index (κ3) is 4.40. The molecule has 0 atom stereocenters. The van der Waals surface area contributed by atoms with Gasteiger partial charge in [0.1, 0.15) is 0 Å². The Morgan fingerprint density at radius 1 is 2.00 bits per heavy atom. The molecule has 0 saturated heterocycles. The van der Waals surface area contributed by atoms with Crippen LogP contribution in [0.5, 0.6) is 0 Å². The molecule has 36 valence electrons. The van der Waals surface area contributed by atoms with Crippen molar-refractivity contribution in [1.82, 2.24) is 4.34 Å². The fourth-order valence-electron chi connectivity index (χ4n) is 0.0525. The third-order valence-electron chi connectivity index (χ3n) is 0.206. The minimum Gasteiger partial charge on any atom is -0.280 e. The quantitative estimate of drug-likeness (QED) is 0.489. The summed E-state index contributed by atoms with van der Waals surface area (Å²) in [4.78, 5) is 9.72. The molecule has 0 unspecified atom stereocenters. The Balaban J connectivity index is 2.83. The minimum absolute atomic E-state index is 0.168. The summed E-state index contributed by atoms with van der Waals surface area (Å²) >= 11 is 7.64. The maximum Gasteiger partial charge on any atom is 0.236 e. The van der Waals surface area contributed by atoms with Crippen LogP contribution in [0.25, 0.3) is 0 Å². The van der Waals surface area contributed by atoms with Gasteiger partial charge in [0.15, 0.2) is 0 Å². The Bertz CT molecular complexity index is 57.5. The van der Waals surface area contributed by atoms with Gasteiger partial charge >= 0.3 is 0 Å². The summed E-state index contributed by atoms with van der Waals surface area (Å²) in [7, 11) is 0. The molecule has 0 aliphatic rings. The highest BCUT2D eigenvalue weighted by atomic mass is 79.9. The van der Waals surface area contributed by atoms with E-state index in [4.69, 9.17) is 11.6 Å². The van der Waals surface area contributed by atoms with Gasteiger partial charge in [0, 0.05) is 16.1 Å². The Morgan fingerprint density at radius 3 is 2.50 bits per heavy atom. The van der Waals surface area contributed by atoms with Crippen LogP contribution in [0.4, 0.5) is 0 Å². The van der Waals surface area contributed by atoms with Crippen LogP contribution in [0.15, 0.2) is 0 Å². The number of hydrogen-bond donors (Lipinski definition) is 1. The monoisotopic (exact) mass is 171 g/mol. The zero-order valence-corrected chi connectivity index (χ0v) is 5.21. The number of hydrogen-bond acceptors (Lipinski definition) is 2. The Labute approximate surface area is 49.2 Å². The van der Waals surface area contributed by atoms with Gasteiger partial charge in [-0.25, -0.2) is 4.34 Å².